The maximum Gasteiger partial charge on any atom is 0.353 e. The number of ether oxygens (including phenoxy) is 3. The Labute approximate surface area is 126 Å². The lowest BCUT2D eigenvalue weighted by molar-refractivity contribution is -0.205. The van der Waals surface area contributed by atoms with Gasteiger partial charge in [-0.2, -0.15) is 0 Å². The molecule has 2 rings (SSSR count). The third kappa shape index (κ3) is 2.17. The number of hydrogen-bond donors (Lipinski definition) is 0. The average Bonchev–Trinajstić information content (AvgIpc) is 2.69. The first-order valence-electron chi connectivity index (χ1n) is 7.77. The van der Waals surface area contributed by atoms with Gasteiger partial charge in [-0.3, -0.25) is 4.79 Å². The molecule has 5 nitrogen and oxygen atoms in total. The Balaban J connectivity index is 2.07. The van der Waals surface area contributed by atoms with Gasteiger partial charge in [0.1, 0.15) is 0 Å². The molecule has 1 heterocycles. The summed E-state index contributed by atoms with van der Waals surface area (Å²) >= 11 is 0. The van der Waals surface area contributed by atoms with Crippen molar-refractivity contribution in [1.82, 2.24) is 0 Å². The van der Waals surface area contributed by atoms with Crippen LogP contribution in [0, 0.1) is 10.8 Å². The van der Waals surface area contributed by atoms with Crippen LogP contribution in [-0.4, -0.2) is 30.4 Å². The molecule has 0 aromatic carbocycles. The lowest BCUT2D eigenvalue weighted by Crippen LogP contribution is -2.49. The topological polar surface area (TPSA) is 61.8 Å². The zero-order valence-electron chi connectivity index (χ0n) is 13.7. The molecule has 2 fully saturated rings. The van der Waals surface area contributed by atoms with Crippen LogP contribution in [0.25, 0.3) is 0 Å². The Morgan fingerprint density at radius 2 is 2.00 bits per heavy atom. The van der Waals surface area contributed by atoms with Gasteiger partial charge < -0.3 is 14.2 Å². The molecule has 1 saturated heterocycles. The molecular weight excluding hydrogens is 272 g/mol. The fourth-order valence-corrected chi connectivity index (χ4v) is 3.38. The van der Waals surface area contributed by atoms with E-state index in [9.17, 15) is 9.59 Å². The molecule has 0 N–H and O–H groups in total. The van der Waals surface area contributed by atoms with Crippen molar-refractivity contribution in [3.05, 3.63) is 0 Å². The van der Waals surface area contributed by atoms with Crippen LogP contribution >= 0.6 is 0 Å². The highest BCUT2D eigenvalue weighted by Crippen LogP contribution is 2.65. The number of fused-ring (bicyclic) bond motifs is 2. The van der Waals surface area contributed by atoms with Crippen molar-refractivity contribution in [2.75, 3.05) is 6.61 Å². The number of unbranched alkanes of at least 4 members (excludes halogenated alkanes) is 1. The molecule has 2 bridgehead atoms. The average molecular weight is 298 g/mol. The Morgan fingerprint density at radius 3 is 2.48 bits per heavy atom. The molecule has 0 spiro atoms. The van der Waals surface area contributed by atoms with E-state index in [-0.39, 0.29) is 5.97 Å². The summed E-state index contributed by atoms with van der Waals surface area (Å²) in [6.07, 6.45) is 2.49. The summed E-state index contributed by atoms with van der Waals surface area (Å²) in [6, 6.07) is 0. The van der Waals surface area contributed by atoms with Crippen LogP contribution in [0.2, 0.25) is 0 Å². The highest BCUT2D eigenvalue weighted by atomic mass is 16.7. The van der Waals surface area contributed by atoms with Crippen LogP contribution in [0.5, 0.6) is 0 Å². The molecule has 0 amide bonds. The molecule has 1 saturated carbocycles. The predicted octanol–water partition coefficient (Wildman–Crippen LogP) is 2.81. The minimum Gasteiger partial charge on any atom is -0.446 e. The number of carbonyl (C=O) groups excluding carboxylic acids is 2. The van der Waals surface area contributed by atoms with Gasteiger partial charge in [-0.05, 0) is 33.1 Å². The van der Waals surface area contributed by atoms with Gasteiger partial charge in [0, 0.05) is 5.41 Å². The maximum absolute atomic E-state index is 12.6. The van der Waals surface area contributed by atoms with Gasteiger partial charge >= 0.3 is 11.9 Å². The second kappa shape index (κ2) is 5.27. The van der Waals surface area contributed by atoms with Crippen LogP contribution in [0.4, 0.5) is 0 Å². The number of hydrogen-bond acceptors (Lipinski definition) is 5. The summed E-state index contributed by atoms with van der Waals surface area (Å²) in [5.74, 6) is -0.777. The second-order valence-corrected chi connectivity index (χ2v) is 6.87. The Kier molecular flexibility index (Phi) is 4.08. The molecule has 3 atom stereocenters. The van der Waals surface area contributed by atoms with Crippen molar-refractivity contribution in [1.29, 1.82) is 0 Å². The first-order chi connectivity index (χ1) is 9.71. The SMILES string of the molecule is CCCCOC(C)OC(=O)C12CCC(C)(C(=O)O1)C2(C)C. The normalized spacial score (nSPS) is 34.6. The molecule has 1 aliphatic carbocycles. The number of carbonyl (C=O) groups is 2. The number of rotatable bonds is 6. The van der Waals surface area contributed by atoms with Crippen LogP contribution in [0.15, 0.2) is 0 Å². The summed E-state index contributed by atoms with van der Waals surface area (Å²) in [4.78, 5) is 24.7. The fraction of sp³-hybridized carbons (Fsp3) is 0.875. The van der Waals surface area contributed by atoms with E-state index in [1.54, 1.807) is 6.92 Å². The van der Waals surface area contributed by atoms with Crippen molar-refractivity contribution in [3.63, 3.8) is 0 Å². The highest BCUT2D eigenvalue weighted by Gasteiger charge is 2.76. The van der Waals surface area contributed by atoms with E-state index in [0.717, 1.165) is 12.8 Å². The minimum atomic E-state index is -1.17. The third-order valence-electron chi connectivity index (χ3n) is 5.54. The van der Waals surface area contributed by atoms with Crippen molar-refractivity contribution < 1.29 is 23.8 Å². The fourth-order valence-electron chi connectivity index (χ4n) is 3.38. The van der Waals surface area contributed by atoms with Gasteiger partial charge in [0.2, 0.25) is 5.60 Å². The van der Waals surface area contributed by atoms with E-state index in [0.29, 0.717) is 19.4 Å². The van der Waals surface area contributed by atoms with E-state index in [2.05, 4.69) is 6.92 Å². The van der Waals surface area contributed by atoms with Crippen molar-refractivity contribution in [2.45, 2.75) is 72.2 Å². The molecule has 120 valence electrons. The molecule has 0 aromatic rings. The quantitative estimate of drug-likeness (QED) is 0.429. The van der Waals surface area contributed by atoms with Gasteiger partial charge in [-0.15, -0.1) is 0 Å². The molecular formula is C16H26O5. The first kappa shape index (κ1) is 16.3. The van der Waals surface area contributed by atoms with Gasteiger partial charge in [-0.1, -0.05) is 27.2 Å². The molecule has 0 aromatic heterocycles. The monoisotopic (exact) mass is 298 g/mol. The summed E-state index contributed by atoms with van der Waals surface area (Å²) < 4.78 is 16.3. The van der Waals surface area contributed by atoms with Gasteiger partial charge in [0.25, 0.3) is 0 Å². The van der Waals surface area contributed by atoms with Gasteiger partial charge in [-0.25, -0.2) is 4.79 Å². The molecule has 1 aliphatic heterocycles. The summed E-state index contributed by atoms with van der Waals surface area (Å²) in [6.45, 7) is 10.0. The maximum atomic E-state index is 12.6. The summed E-state index contributed by atoms with van der Waals surface area (Å²) in [7, 11) is 0. The largest absolute Gasteiger partial charge is 0.446 e. The van der Waals surface area contributed by atoms with Gasteiger partial charge in [0.05, 0.1) is 12.0 Å². The molecule has 3 unspecified atom stereocenters. The standard InChI is InChI=1S/C16H26O5/c1-6-7-10-19-11(2)20-13(18)16-9-8-15(5,12(17)21-16)14(16,3)4/h11H,6-10H2,1-5H3. The predicted molar refractivity (Wildman–Crippen MR) is 76.4 cm³/mol. The minimum absolute atomic E-state index is 0.296. The third-order valence-corrected chi connectivity index (χ3v) is 5.54. The van der Waals surface area contributed by atoms with Crippen LogP contribution in [-0.2, 0) is 23.8 Å². The molecule has 2 aliphatic rings. The van der Waals surface area contributed by atoms with Crippen molar-refractivity contribution in [3.8, 4) is 0 Å². The zero-order chi connectivity index (χ0) is 15.9. The van der Waals surface area contributed by atoms with Crippen LogP contribution in [0.1, 0.15) is 60.3 Å². The molecule has 0 radical (unpaired) electrons. The molecule has 5 heteroatoms. The van der Waals surface area contributed by atoms with E-state index < -0.39 is 28.7 Å². The summed E-state index contributed by atoms with van der Waals surface area (Å²) in [5, 5.41) is 0. The lowest BCUT2D eigenvalue weighted by Gasteiger charge is -2.35. The second-order valence-electron chi connectivity index (χ2n) is 6.87. The van der Waals surface area contributed by atoms with Crippen LogP contribution < -0.4 is 0 Å². The Bertz CT molecular complexity index is 444. The highest BCUT2D eigenvalue weighted by molar-refractivity contribution is 5.93. The van der Waals surface area contributed by atoms with E-state index in [1.807, 2.05) is 20.8 Å². The molecule has 21 heavy (non-hydrogen) atoms. The van der Waals surface area contributed by atoms with E-state index >= 15 is 0 Å². The number of esters is 2. The van der Waals surface area contributed by atoms with E-state index in [1.165, 1.54) is 0 Å². The zero-order valence-corrected chi connectivity index (χ0v) is 13.7. The smallest absolute Gasteiger partial charge is 0.353 e. The Hall–Kier alpha value is -1.10. The first-order valence-corrected chi connectivity index (χ1v) is 7.77. The van der Waals surface area contributed by atoms with Crippen molar-refractivity contribution >= 4 is 11.9 Å². The van der Waals surface area contributed by atoms with Crippen LogP contribution in [0.3, 0.4) is 0 Å². The Morgan fingerprint density at radius 1 is 1.33 bits per heavy atom. The van der Waals surface area contributed by atoms with Gasteiger partial charge in [0.15, 0.2) is 6.29 Å². The van der Waals surface area contributed by atoms with Crippen molar-refractivity contribution in [2.24, 2.45) is 10.8 Å². The lowest BCUT2D eigenvalue weighted by atomic mass is 9.66. The summed E-state index contributed by atoms with van der Waals surface area (Å²) in [5.41, 5.74) is -2.35. The van der Waals surface area contributed by atoms with E-state index in [4.69, 9.17) is 14.2 Å².